The summed E-state index contributed by atoms with van der Waals surface area (Å²) in [5.41, 5.74) is 2.49. The van der Waals surface area contributed by atoms with Crippen molar-refractivity contribution in [3.05, 3.63) is 96.1 Å². The molecule has 0 N–H and O–H groups in total. The fraction of sp³-hybridized carbons (Fsp3) is 0.231. The van der Waals surface area contributed by atoms with Gasteiger partial charge < -0.3 is 0 Å². The molecule has 0 saturated carbocycles. The van der Waals surface area contributed by atoms with Gasteiger partial charge in [0.1, 0.15) is 0 Å². The van der Waals surface area contributed by atoms with Crippen molar-refractivity contribution in [2.24, 2.45) is 0 Å². The first-order valence-corrected chi connectivity index (χ1v) is 11.8. The molecule has 0 unspecified atom stereocenters. The molecule has 150 valence electrons. The Hall–Kier alpha value is -2.58. The minimum absolute atomic E-state index is 0.101. The van der Waals surface area contributed by atoms with Gasteiger partial charge in [-0.25, -0.2) is 0 Å². The molecule has 4 heteroatoms. The van der Waals surface area contributed by atoms with Crippen molar-refractivity contribution < 1.29 is 4.57 Å². The molecule has 3 nitrogen and oxygen atoms in total. The van der Waals surface area contributed by atoms with E-state index in [9.17, 15) is 4.57 Å². The zero-order valence-corrected chi connectivity index (χ0v) is 18.3. The van der Waals surface area contributed by atoms with Crippen LogP contribution in [0.2, 0.25) is 0 Å². The molecule has 1 heterocycles. The Balaban J connectivity index is 1.45. The summed E-state index contributed by atoms with van der Waals surface area (Å²) in [7, 11) is -1.61. The summed E-state index contributed by atoms with van der Waals surface area (Å²) in [5, 5.41) is 4.96. The van der Waals surface area contributed by atoms with Gasteiger partial charge in [-0.15, -0.1) is 0 Å². The van der Waals surface area contributed by atoms with Crippen LogP contribution in [0.3, 0.4) is 0 Å². The maximum Gasteiger partial charge on any atom is 0.538 e. The van der Waals surface area contributed by atoms with Gasteiger partial charge in [0.15, 0.2) is 0 Å². The summed E-state index contributed by atoms with van der Waals surface area (Å²) in [5.74, 6) is 0. The standard InChI is InChI=1S/C26H26N2OP/c1-19(23-15-7-11-21-9-3-5-13-25(21)23)27-17-18-28(30(27)29)20(2)24-16-8-12-22-10-4-6-14-26(22)24/h3-16,19-20H,17-18H2,1-2H3/q+1/t19-,20-/m1/s1. The second kappa shape index (κ2) is 7.92. The summed E-state index contributed by atoms with van der Waals surface area (Å²) in [6.07, 6.45) is 0. The van der Waals surface area contributed by atoms with E-state index in [1.54, 1.807) is 0 Å². The predicted molar refractivity (Wildman–Crippen MR) is 126 cm³/mol. The molecule has 4 aromatic carbocycles. The van der Waals surface area contributed by atoms with E-state index < -0.39 is 8.10 Å². The Labute approximate surface area is 178 Å². The molecule has 0 radical (unpaired) electrons. The van der Waals surface area contributed by atoms with E-state index in [4.69, 9.17) is 0 Å². The Morgan fingerprint density at radius 2 is 1.03 bits per heavy atom. The first-order valence-electron chi connectivity index (χ1n) is 10.6. The second-order valence-corrected chi connectivity index (χ2v) is 9.60. The molecule has 2 atom stereocenters. The van der Waals surface area contributed by atoms with Gasteiger partial charge in [-0.3, -0.25) is 0 Å². The van der Waals surface area contributed by atoms with Gasteiger partial charge in [0.05, 0.1) is 25.2 Å². The number of hydrogen-bond donors (Lipinski definition) is 0. The molecule has 0 bridgehead atoms. The van der Waals surface area contributed by atoms with E-state index in [1.165, 1.54) is 32.7 Å². The van der Waals surface area contributed by atoms with Crippen molar-refractivity contribution in [2.75, 3.05) is 13.1 Å². The summed E-state index contributed by atoms with van der Waals surface area (Å²) in [6, 6.07) is 30.0. The third-order valence-electron chi connectivity index (χ3n) is 6.44. The van der Waals surface area contributed by atoms with E-state index >= 15 is 0 Å². The van der Waals surface area contributed by atoms with E-state index in [2.05, 4.69) is 108 Å². The Morgan fingerprint density at radius 1 is 0.633 bits per heavy atom. The summed E-state index contributed by atoms with van der Waals surface area (Å²) in [4.78, 5) is 0. The van der Waals surface area contributed by atoms with Gasteiger partial charge in [-0.1, -0.05) is 94.3 Å². The van der Waals surface area contributed by atoms with Crippen molar-refractivity contribution in [1.82, 2.24) is 9.34 Å². The van der Waals surface area contributed by atoms with E-state index in [1.807, 2.05) is 0 Å². The molecule has 1 fully saturated rings. The Bertz CT molecular complexity index is 1130. The normalized spacial score (nSPS) is 17.6. The zero-order valence-electron chi connectivity index (χ0n) is 17.4. The van der Waals surface area contributed by atoms with Crippen molar-refractivity contribution >= 4 is 29.6 Å². The minimum atomic E-state index is -1.61. The topological polar surface area (TPSA) is 23.6 Å². The zero-order chi connectivity index (χ0) is 20.7. The fourth-order valence-electron chi connectivity index (χ4n) is 4.76. The van der Waals surface area contributed by atoms with Gasteiger partial charge in [-0.05, 0) is 51.1 Å². The molecule has 4 aromatic rings. The van der Waals surface area contributed by atoms with Crippen LogP contribution in [0.5, 0.6) is 0 Å². The highest BCUT2D eigenvalue weighted by atomic mass is 31.1. The molecule has 1 aliphatic rings. The maximum absolute atomic E-state index is 13.6. The van der Waals surface area contributed by atoms with Gasteiger partial charge in [0, 0.05) is 0 Å². The highest BCUT2D eigenvalue weighted by Crippen LogP contribution is 2.49. The Kier molecular flexibility index (Phi) is 5.12. The lowest BCUT2D eigenvalue weighted by molar-refractivity contribution is 0.379. The van der Waals surface area contributed by atoms with E-state index in [0.717, 1.165) is 13.1 Å². The van der Waals surface area contributed by atoms with Crippen LogP contribution in [0.25, 0.3) is 21.5 Å². The molecule has 1 saturated heterocycles. The van der Waals surface area contributed by atoms with Crippen molar-refractivity contribution in [2.45, 2.75) is 25.9 Å². The summed E-state index contributed by atoms with van der Waals surface area (Å²) in [6.45, 7) is 5.99. The molecule has 0 aromatic heterocycles. The first kappa shape index (κ1) is 19.4. The highest BCUT2D eigenvalue weighted by Gasteiger charge is 2.49. The van der Waals surface area contributed by atoms with Crippen molar-refractivity contribution in [1.29, 1.82) is 0 Å². The number of fused-ring (bicyclic) bond motifs is 2. The van der Waals surface area contributed by atoms with Gasteiger partial charge in [-0.2, -0.15) is 0 Å². The molecule has 1 aliphatic heterocycles. The monoisotopic (exact) mass is 413 g/mol. The first-order chi connectivity index (χ1) is 14.6. The van der Waals surface area contributed by atoms with Crippen LogP contribution >= 0.6 is 8.10 Å². The van der Waals surface area contributed by atoms with Crippen LogP contribution in [0.1, 0.15) is 37.1 Å². The third kappa shape index (κ3) is 3.24. The average molecular weight is 413 g/mol. The van der Waals surface area contributed by atoms with Gasteiger partial charge in [0.25, 0.3) is 0 Å². The fourth-order valence-corrected chi connectivity index (χ4v) is 6.42. The van der Waals surface area contributed by atoms with E-state index in [-0.39, 0.29) is 12.1 Å². The highest BCUT2D eigenvalue weighted by molar-refractivity contribution is 7.39. The predicted octanol–water partition coefficient (Wildman–Crippen LogP) is 7.09. The van der Waals surface area contributed by atoms with Crippen LogP contribution in [0.15, 0.2) is 84.9 Å². The van der Waals surface area contributed by atoms with Gasteiger partial charge >= 0.3 is 8.10 Å². The Morgan fingerprint density at radius 3 is 1.50 bits per heavy atom. The number of nitrogens with zero attached hydrogens (tertiary/aromatic N) is 2. The second-order valence-electron chi connectivity index (χ2n) is 8.07. The van der Waals surface area contributed by atoms with Crippen molar-refractivity contribution in [3.63, 3.8) is 0 Å². The van der Waals surface area contributed by atoms with Crippen LogP contribution < -0.4 is 0 Å². The molecule has 30 heavy (non-hydrogen) atoms. The largest absolute Gasteiger partial charge is 0.538 e. The molecular formula is C26H26N2OP+. The number of rotatable bonds is 4. The lowest BCUT2D eigenvalue weighted by Crippen LogP contribution is -2.18. The summed E-state index contributed by atoms with van der Waals surface area (Å²) < 4.78 is 17.9. The number of hydrogen-bond acceptors (Lipinski definition) is 1. The van der Waals surface area contributed by atoms with Crippen LogP contribution in [0.4, 0.5) is 0 Å². The van der Waals surface area contributed by atoms with Crippen LogP contribution in [-0.4, -0.2) is 22.4 Å². The maximum atomic E-state index is 13.6. The lowest BCUT2D eigenvalue weighted by atomic mass is 9.99. The number of benzene rings is 4. The van der Waals surface area contributed by atoms with Crippen LogP contribution in [-0.2, 0) is 4.57 Å². The smallest absolute Gasteiger partial charge is 0.0703 e. The summed E-state index contributed by atoms with van der Waals surface area (Å²) >= 11 is 0. The molecule has 0 aliphatic carbocycles. The van der Waals surface area contributed by atoms with Gasteiger partial charge in [0.2, 0.25) is 0 Å². The molecule has 0 spiro atoms. The molecule has 5 rings (SSSR count). The SMILES string of the molecule is C[C@H](c1cccc2ccccc12)N1CCN([C@H](C)c2cccc3ccccc23)[P+]1=O. The lowest BCUT2D eigenvalue weighted by Gasteiger charge is -2.19. The quantitative estimate of drug-likeness (QED) is 0.334. The third-order valence-corrected chi connectivity index (χ3v) is 8.41. The average Bonchev–Trinajstić information content (AvgIpc) is 3.18. The minimum Gasteiger partial charge on any atom is -0.0703 e. The van der Waals surface area contributed by atoms with Crippen LogP contribution in [0, 0.1) is 0 Å². The molecule has 0 amide bonds. The van der Waals surface area contributed by atoms with E-state index in [0.29, 0.717) is 0 Å². The molecular weight excluding hydrogens is 387 g/mol. The van der Waals surface area contributed by atoms with Crippen molar-refractivity contribution in [3.8, 4) is 0 Å².